The maximum absolute atomic E-state index is 13.0. The summed E-state index contributed by atoms with van der Waals surface area (Å²) in [6, 6.07) is 7.03. The molecule has 1 N–H and O–H groups in total. The Morgan fingerprint density at radius 2 is 2.21 bits per heavy atom. The molecule has 2 aromatic rings. The molecule has 0 aliphatic carbocycles. The predicted molar refractivity (Wildman–Crippen MR) is 90.0 cm³/mol. The van der Waals surface area contributed by atoms with Crippen molar-refractivity contribution in [2.45, 2.75) is 12.6 Å². The lowest BCUT2D eigenvalue weighted by Gasteiger charge is -2.30. The van der Waals surface area contributed by atoms with Gasteiger partial charge < -0.3 is 10.2 Å². The Morgan fingerprint density at radius 3 is 2.92 bits per heavy atom. The van der Waals surface area contributed by atoms with E-state index in [9.17, 15) is 9.59 Å². The van der Waals surface area contributed by atoms with Gasteiger partial charge in [0, 0.05) is 13.2 Å². The molecule has 4 rings (SSSR count). The number of aromatic nitrogens is 1. The zero-order valence-corrected chi connectivity index (χ0v) is 13.9. The minimum absolute atomic E-state index is 0.0429. The molecule has 0 aromatic carbocycles. The highest BCUT2D eigenvalue weighted by Crippen LogP contribution is 2.36. The molecule has 4 heterocycles. The summed E-state index contributed by atoms with van der Waals surface area (Å²) in [7, 11) is 1.70. The first-order valence-electron chi connectivity index (χ1n) is 7.63. The average Bonchev–Trinajstić information content (AvgIpc) is 3.22. The summed E-state index contributed by atoms with van der Waals surface area (Å²) >= 11 is 1.55. The molecular formula is C17H16N4O2S. The van der Waals surface area contributed by atoms with Gasteiger partial charge in [-0.1, -0.05) is 6.07 Å². The minimum Gasteiger partial charge on any atom is -0.327 e. The second-order valence-electron chi connectivity index (χ2n) is 5.84. The molecule has 0 fully saturated rings. The molecule has 2 aliphatic heterocycles. The monoisotopic (exact) mass is 340 g/mol. The van der Waals surface area contributed by atoms with Crippen molar-refractivity contribution >= 4 is 23.3 Å². The van der Waals surface area contributed by atoms with Gasteiger partial charge in [-0.2, -0.15) is 11.3 Å². The molecule has 0 radical (unpaired) electrons. The molecule has 0 saturated heterocycles. The molecule has 0 unspecified atom stereocenters. The second-order valence-corrected chi connectivity index (χ2v) is 6.62. The van der Waals surface area contributed by atoms with Gasteiger partial charge in [0.25, 0.3) is 5.91 Å². The number of nitrogens with one attached hydrogen (secondary N) is 1. The van der Waals surface area contributed by atoms with Crippen LogP contribution in [0.1, 0.15) is 17.3 Å². The number of amides is 3. The molecule has 2 aromatic heterocycles. The third-order valence-electron chi connectivity index (χ3n) is 4.39. The first-order valence-corrected chi connectivity index (χ1v) is 8.58. The van der Waals surface area contributed by atoms with Crippen molar-refractivity contribution < 1.29 is 9.59 Å². The van der Waals surface area contributed by atoms with Gasteiger partial charge in [0.2, 0.25) is 0 Å². The summed E-state index contributed by atoms with van der Waals surface area (Å²) < 4.78 is 0. The van der Waals surface area contributed by atoms with E-state index in [4.69, 9.17) is 0 Å². The minimum atomic E-state index is -0.379. The number of likely N-dealkylation sites (N-methyl/N-ethyl adjacent to an activating group) is 1. The van der Waals surface area contributed by atoms with Crippen molar-refractivity contribution in [1.82, 2.24) is 20.1 Å². The van der Waals surface area contributed by atoms with Crippen LogP contribution in [0, 0.1) is 0 Å². The highest BCUT2D eigenvalue weighted by atomic mass is 32.1. The Morgan fingerprint density at radius 1 is 1.33 bits per heavy atom. The van der Waals surface area contributed by atoms with Gasteiger partial charge in [0.05, 0.1) is 36.1 Å². The van der Waals surface area contributed by atoms with E-state index in [0.717, 1.165) is 17.0 Å². The van der Waals surface area contributed by atoms with E-state index in [1.807, 2.05) is 35.0 Å². The largest absolute Gasteiger partial charge is 0.327 e. The van der Waals surface area contributed by atoms with E-state index in [2.05, 4.69) is 10.3 Å². The van der Waals surface area contributed by atoms with Gasteiger partial charge in [-0.25, -0.2) is 4.79 Å². The number of carbonyl (C=O) groups excluding carboxylic acids is 2. The van der Waals surface area contributed by atoms with Crippen LogP contribution in [0.25, 0.3) is 0 Å². The van der Waals surface area contributed by atoms with E-state index >= 15 is 0 Å². The normalized spacial score (nSPS) is 20.5. The Hall–Kier alpha value is -2.67. The topological polar surface area (TPSA) is 65.5 Å². The highest BCUT2D eigenvalue weighted by Gasteiger charge is 2.42. The van der Waals surface area contributed by atoms with E-state index in [1.165, 1.54) is 4.90 Å². The molecule has 7 heteroatoms. The van der Waals surface area contributed by atoms with Crippen molar-refractivity contribution in [3.8, 4) is 0 Å². The van der Waals surface area contributed by atoms with Crippen LogP contribution in [-0.2, 0) is 11.3 Å². The molecule has 6 nitrogen and oxygen atoms in total. The Labute approximate surface area is 143 Å². The number of carbonyl (C=O) groups is 2. The maximum Gasteiger partial charge on any atom is 0.322 e. The van der Waals surface area contributed by atoms with Crippen LogP contribution in [0.15, 0.2) is 52.5 Å². The van der Waals surface area contributed by atoms with Crippen LogP contribution >= 0.6 is 11.3 Å². The number of hydrogen-bond acceptors (Lipinski definition) is 4. The van der Waals surface area contributed by atoms with Crippen LogP contribution in [0.5, 0.6) is 0 Å². The van der Waals surface area contributed by atoms with Gasteiger partial charge in [0.15, 0.2) is 0 Å². The molecule has 1 atom stereocenters. The molecule has 3 amide bonds. The molecule has 0 saturated carbocycles. The summed E-state index contributed by atoms with van der Waals surface area (Å²) in [5.74, 6) is -0.0429. The van der Waals surface area contributed by atoms with E-state index < -0.39 is 0 Å². The number of rotatable bonds is 3. The average molecular weight is 340 g/mol. The number of pyridine rings is 1. The number of urea groups is 1. The fraction of sp³-hybridized carbons (Fsp3) is 0.235. The molecular weight excluding hydrogens is 324 g/mol. The molecule has 0 bridgehead atoms. The third-order valence-corrected chi connectivity index (χ3v) is 5.09. The third kappa shape index (κ3) is 2.37. The number of thiophene rings is 1. The Kier molecular flexibility index (Phi) is 3.57. The summed E-state index contributed by atoms with van der Waals surface area (Å²) in [6.45, 7) is 0.861. The SMILES string of the molecule is CN1C(=O)N[C@@H](c2ccsc2)C2=C1CN(Cc1ccccn1)C2=O. The molecule has 122 valence electrons. The lowest BCUT2D eigenvalue weighted by Crippen LogP contribution is -2.45. The van der Waals surface area contributed by atoms with Gasteiger partial charge in [-0.05, 0) is 34.5 Å². The number of hydrogen-bond donors (Lipinski definition) is 1. The summed E-state index contributed by atoms with van der Waals surface area (Å²) in [6.07, 6.45) is 1.72. The first-order chi connectivity index (χ1) is 11.6. The lowest BCUT2D eigenvalue weighted by atomic mass is 9.98. The van der Waals surface area contributed by atoms with E-state index in [0.29, 0.717) is 18.7 Å². The van der Waals surface area contributed by atoms with Gasteiger partial charge in [-0.15, -0.1) is 0 Å². The van der Waals surface area contributed by atoms with Crippen molar-refractivity contribution in [3.63, 3.8) is 0 Å². The zero-order valence-electron chi connectivity index (χ0n) is 13.1. The molecule has 2 aliphatic rings. The van der Waals surface area contributed by atoms with Crippen molar-refractivity contribution in [3.05, 3.63) is 63.7 Å². The Bertz CT molecular complexity index is 816. The van der Waals surface area contributed by atoms with Crippen LogP contribution in [0.3, 0.4) is 0 Å². The molecule has 0 spiro atoms. The van der Waals surface area contributed by atoms with Crippen LogP contribution in [0.2, 0.25) is 0 Å². The van der Waals surface area contributed by atoms with Crippen molar-refractivity contribution in [1.29, 1.82) is 0 Å². The second kappa shape index (κ2) is 5.76. The number of nitrogens with zero attached hydrogens (tertiary/aromatic N) is 3. The van der Waals surface area contributed by atoms with Crippen LogP contribution in [0.4, 0.5) is 4.79 Å². The summed E-state index contributed by atoms with van der Waals surface area (Å²) in [4.78, 5) is 32.8. The lowest BCUT2D eigenvalue weighted by molar-refractivity contribution is -0.126. The van der Waals surface area contributed by atoms with Crippen LogP contribution < -0.4 is 5.32 Å². The van der Waals surface area contributed by atoms with Crippen molar-refractivity contribution in [2.24, 2.45) is 0 Å². The smallest absolute Gasteiger partial charge is 0.322 e. The van der Waals surface area contributed by atoms with E-state index in [-0.39, 0.29) is 18.0 Å². The summed E-state index contributed by atoms with van der Waals surface area (Å²) in [5.41, 5.74) is 3.21. The van der Waals surface area contributed by atoms with Gasteiger partial charge >= 0.3 is 6.03 Å². The summed E-state index contributed by atoms with van der Waals surface area (Å²) in [5, 5.41) is 6.84. The molecule has 24 heavy (non-hydrogen) atoms. The standard InChI is InChI=1S/C17H16N4O2S/c1-20-13-9-21(8-12-4-2-3-6-18-12)16(22)14(13)15(19-17(20)23)11-5-7-24-10-11/h2-7,10,15H,8-9H2,1H3,(H,19,23)/t15-/m0/s1. The Balaban J connectivity index is 1.67. The zero-order chi connectivity index (χ0) is 16.7. The van der Waals surface area contributed by atoms with Gasteiger partial charge in [-0.3, -0.25) is 14.7 Å². The van der Waals surface area contributed by atoms with E-state index in [1.54, 1.807) is 29.5 Å². The maximum atomic E-state index is 13.0. The first kappa shape index (κ1) is 14.9. The predicted octanol–water partition coefficient (Wildman–Crippen LogP) is 2.14. The van der Waals surface area contributed by atoms with Crippen molar-refractivity contribution in [2.75, 3.05) is 13.6 Å². The quantitative estimate of drug-likeness (QED) is 0.931. The highest BCUT2D eigenvalue weighted by molar-refractivity contribution is 7.08. The van der Waals surface area contributed by atoms with Gasteiger partial charge in [0.1, 0.15) is 0 Å². The fourth-order valence-corrected chi connectivity index (χ4v) is 3.81. The van der Waals surface area contributed by atoms with Crippen LogP contribution in [-0.4, -0.2) is 40.3 Å². The fourth-order valence-electron chi connectivity index (χ4n) is 3.13.